The van der Waals surface area contributed by atoms with Crippen LogP contribution in [0.3, 0.4) is 0 Å². The van der Waals surface area contributed by atoms with Gasteiger partial charge in [-0.05, 0) is 43.0 Å². The number of nitrogens with zero attached hydrogens (tertiary/aromatic N) is 2. The fourth-order valence-electron chi connectivity index (χ4n) is 2.77. The second-order valence-electron chi connectivity index (χ2n) is 6.54. The molecule has 5 nitrogen and oxygen atoms in total. The van der Waals surface area contributed by atoms with Gasteiger partial charge in [-0.25, -0.2) is 4.98 Å². The molecule has 1 amide bonds. The summed E-state index contributed by atoms with van der Waals surface area (Å²) in [6.45, 7) is 4.26. The lowest BCUT2D eigenvalue weighted by atomic mass is 10.0. The number of carbonyl (C=O) groups is 1. The number of H-pyrrole nitrogens is 1. The standard InChI is InChI=1S/C18H24N4O/c1-3-4-12(2)11-16(23)19-15-9-7-14(8-10-15)18-20-17(21-22-18)13-5-6-13/h7-10,12-13H,3-6,11H2,1-2H3,(H,19,23)(H,20,21,22). The topological polar surface area (TPSA) is 70.7 Å². The molecule has 0 radical (unpaired) electrons. The van der Waals surface area contributed by atoms with Gasteiger partial charge < -0.3 is 5.32 Å². The van der Waals surface area contributed by atoms with Crippen LogP contribution in [0.15, 0.2) is 24.3 Å². The number of hydrogen-bond acceptors (Lipinski definition) is 3. The van der Waals surface area contributed by atoms with Crippen molar-refractivity contribution in [1.29, 1.82) is 0 Å². The van der Waals surface area contributed by atoms with Gasteiger partial charge in [0.2, 0.25) is 5.91 Å². The lowest BCUT2D eigenvalue weighted by Crippen LogP contribution is -2.14. The molecule has 1 saturated carbocycles. The van der Waals surface area contributed by atoms with E-state index in [1.54, 1.807) is 0 Å². The number of carbonyl (C=O) groups excluding carboxylic acids is 1. The molecule has 5 heteroatoms. The van der Waals surface area contributed by atoms with Gasteiger partial charge in [0.1, 0.15) is 5.82 Å². The van der Waals surface area contributed by atoms with Crippen LogP contribution in [0.1, 0.15) is 57.7 Å². The Morgan fingerprint density at radius 2 is 2.09 bits per heavy atom. The van der Waals surface area contributed by atoms with Gasteiger partial charge in [-0.3, -0.25) is 9.89 Å². The summed E-state index contributed by atoms with van der Waals surface area (Å²) in [5, 5.41) is 10.2. The Labute approximate surface area is 136 Å². The van der Waals surface area contributed by atoms with Crippen molar-refractivity contribution in [2.45, 2.75) is 51.9 Å². The highest BCUT2D eigenvalue weighted by Crippen LogP contribution is 2.38. The average molecular weight is 312 g/mol. The Hall–Kier alpha value is -2.17. The third-order valence-corrected chi connectivity index (χ3v) is 4.21. The average Bonchev–Trinajstić information content (AvgIpc) is 3.26. The van der Waals surface area contributed by atoms with E-state index < -0.39 is 0 Å². The van der Waals surface area contributed by atoms with E-state index in [0.717, 1.165) is 35.7 Å². The minimum Gasteiger partial charge on any atom is -0.326 e. The Kier molecular flexibility index (Phi) is 4.74. The molecule has 1 fully saturated rings. The second-order valence-corrected chi connectivity index (χ2v) is 6.54. The van der Waals surface area contributed by atoms with Gasteiger partial charge in [-0.1, -0.05) is 26.7 Å². The summed E-state index contributed by atoms with van der Waals surface area (Å²) in [7, 11) is 0. The molecule has 0 spiro atoms. The second kappa shape index (κ2) is 6.94. The number of anilines is 1. The molecule has 1 heterocycles. The molecule has 1 aliphatic rings. The van der Waals surface area contributed by atoms with Crippen molar-refractivity contribution in [3.63, 3.8) is 0 Å². The molecule has 0 bridgehead atoms. The quantitative estimate of drug-likeness (QED) is 0.808. The monoisotopic (exact) mass is 312 g/mol. The molecule has 1 aromatic heterocycles. The number of hydrogen-bond donors (Lipinski definition) is 2. The first-order valence-corrected chi connectivity index (χ1v) is 8.48. The van der Waals surface area contributed by atoms with E-state index in [0.29, 0.717) is 18.3 Å². The van der Waals surface area contributed by atoms with E-state index in [9.17, 15) is 4.79 Å². The number of aromatic nitrogens is 3. The maximum absolute atomic E-state index is 12.0. The number of nitrogens with one attached hydrogen (secondary N) is 2. The maximum atomic E-state index is 12.0. The third-order valence-electron chi connectivity index (χ3n) is 4.21. The van der Waals surface area contributed by atoms with E-state index in [2.05, 4.69) is 34.3 Å². The van der Waals surface area contributed by atoms with Gasteiger partial charge in [0.25, 0.3) is 0 Å². The molecule has 1 aromatic carbocycles. The molecule has 0 saturated heterocycles. The molecule has 1 aliphatic carbocycles. The van der Waals surface area contributed by atoms with E-state index in [1.165, 1.54) is 12.8 Å². The zero-order valence-corrected chi connectivity index (χ0v) is 13.8. The molecule has 1 unspecified atom stereocenters. The van der Waals surface area contributed by atoms with Crippen molar-refractivity contribution in [3.05, 3.63) is 30.1 Å². The molecule has 3 rings (SSSR count). The fraction of sp³-hybridized carbons (Fsp3) is 0.500. The van der Waals surface area contributed by atoms with Crippen molar-refractivity contribution in [1.82, 2.24) is 15.2 Å². The lowest BCUT2D eigenvalue weighted by Gasteiger charge is -2.10. The predicted octanol–water partition coefficient (Wildman–Crippen LogP) is 4.11. The van der Waals surface area contributed by atoms with Gasteiger partial charge in [0, 0.05) is 23.6 Å². The van der Waals surface area contributed by atoms with Gasteiger partial charge in [-0.15, -0.1) is 0 Å². The van der Waals surface area contributed by atoms with Crippen LogP contribution in [-0.2, 0) is 4.79 Å². The van der Waals surface area contributed by atoms with Crippen LogP contribution in [0.25, 0.3) is 11.4 Å². The summed E-state index contributed by atoms with van der Waals surface area (Å²) < 4.78 is 0. The molecular weight excluding hydrogens is 288 g/mol. The van der Waals surface area contributed by atoms with E-state index in [4.69, 9.17) is 0 Å². The normalized spacial score (nSPS) is 15.4. The van der Waals surface area contributed by atoms with Crippen molar-refractivity contribution in [3.8, 4) is 11.4 Å². The van der Waals surface area contributed by atoms with E-state index in [1.807, 2.05) is 24.3 Å². The van der Waals surface area contributed by atoms with Gasteiger partial charge in [0.05, 0.1) is 0 Å². The van der Waals surface area contributed by atoms with Gasteiger partial charge in [0.15, 0.2) is 5.82 Å². The lowest BCUT2D eigenvalue weighted by molar-refractivity contribution is -0.117. The van der Waals surface area contributed by atoms with Crippen LogP contribution in [0.5, 0.6) is 0 Å². The van der Waals surface area contributed by atoms with E-state index >= 15 is 0 Å². The summed E-state index contributed by atoms with van der Waals surface area (Å²) in [5.41, 5.74) is 1.78. The first-order valence-electron chi connectivity index (χ1n) is 8.48. The number of benzene rings is 1. The van der Waals surface area contributed by atoms with Crippen LogP contribution in [0.4, 0.5) is 5.69 Å². The molecule has 0 aliphatic heterocycles. The zero-order valence-electron chi connectivity index (χ0n) is 13.8. The molecule has 2 aromatic rings. The summed E-state index contributed by atoms with van der Waals surface area (Å²) in [5.74, 6) is 2.78. The highest BCUT2D eigenvalue weighted by molar-refractivity contribution is 5.91. The SMILES string of the molecule is CCCC(C)CC(=O)Nc1ccc(-c2n[nH]c(C3CC3)n2)cc1. The minimum atomic E-state index is 0.0765. The van der Waals surface area contributed by atoms with Crippen LogP contribution in [-0.4, -0.2) is 21.1 Å². The summed E-state index contributed by atoms with van der Waals surface area (Å²) in [4.78, 5) is 16.5. The predicted molar refractivity (Wildman–Crippen MR) is 91.1 cm³/mol. The molecule has 23 heavy (non-hydrogen) atoms. The van der Waals surface area contributed by atoms with Crippen LogP contribution < -0.4 is 5.32 Å². The Balaban J connectivity index is 1.59. The maximum Gasteiger partial charge on any atom is 0.224 e. The largest absolute Gasteiger partial charge is 0.326 e. The highest BCUT2D eigenvalue weighted by atomic mass is 16.1. The molecule has 1 atom stereocenters. The summed E-state index contributed by atoms with van der Waals surface area (Å²) in [6.07, 6.45) is 5.18. The Morgan fingerprint density at radius 3 is 2.74 bits per heavy atom. The number of aromatic amines is 1. The van der Waals surface area contributed by atoms with Crippen LogP contribution in [0, 0.1) is 5.92 Å². The molecule has 122 valence electrons. The number of rotatable bonds is 7. The number of amides is 1. The summed E-state index contributed by atoms with van der Waals surface area (Å²) >= 11 is 0. The smallest absolute Gasteiger partial charge is 0.224 e. The first-order chi connectivity index (χ1) is 11.2. The Bertz CT molecular complexity index is 658. The Morgan fingerprint density at radius 1 is 1.35 bits per heavy atom. The minimum absolute atomic E-state index is 0.0765. The fourth-order valence-corrected chi connectivity index (χ4v) is 2.77. The molecular formula is C18H24N4O. The highest BCUT2D eigenvalue weighted by Gasteiger charge is 2.27. The summed E-state index contributed by atoms with van der Waals surface area (Å²) in [6, 6.07) is 7.71. The van der Waals surface area contributed by atoms with Crippen LogP contribution in [0.2, 0.25) is 0 Å². The molecule has 2 N–H and O–H groups in total. The van der Waals surface area contributed by atoms with Crippen LogP contribution >= 0.6 is 0 Å². The van der Waals surface area contributed by atoms with Crippen molar-refractivity contribution < 1.29 is 4.79 Å². The van der Waals surface area contributed by atoms with Crippen molar-refractivity contribution in [2.24, 2.45) is 5.92 Å². The zero-order chi connectivity index (χ0) is 16.2. The van der Waals surface area contributed by atoms with Crippen molar-refractivity contribution in [2.75, 3.05) is 5.32 Å². The first kappa shape index (κ1) is 15.7. The van der Waals surface area contributed by atoms with Crippen molar-refractivity contribution >= 4 is 11.6 Å². The van der Waals surface area contributed by atoms with Gasteiger partial charge in [-0.2, -0.15) is 5.10 Å². The third kappa shape index (κ3) is 4.18. The van der Waals surface area contributed by atoms with Gasteiger partial charge >= 0.3 is 0 Å². The van der Waals surface area contributed by atoms with E-state index in [-0.39, 0.29) is 5.91 Å².